The number of methoxy groups -OCH3 is 1. The minimum atomic E-state index is -3.97. The average Bonchev–Trinajstić information content (AvgIpc) is 2.57. The standard InChI is InChI=1S/C15H15BrCl2N2O4S/c1-3-24-14-7-11(4-5-12(14)18)25(21,22)20(9-23-2)13-6-10(17)8-19-15(13)16/h4-8H,3,9H2,1-2H3. The van der Waals surface area contributed by atoms with Gasteiger partial charge >= 0.3 is 0 Å². The van der Waals surface area contributed by atoms with Crippen LogP contribution in [0.4, 0.5) is 5.69 Å². The molecule has 10 heteroatoms. The van der Waals surface area contributed by atoms with Crippen molar-refractivity contribution in [3.8, 4) is 5.75 Å². The third-order valence-corrected chi connectivity index (χ3v) is 5.95. The van der Waals surface area contributed by atoms with E-state index in [9.17, 15) is 8.42 Å². The molecule has 0 amide bonds. The van der Waals surface area contributed by atoms with Crippen molar-refractivity contribution in [3.05, 3.63) is 45.1 Å². The van der Waals surface area contributed by atoms with Crippen LogP contribution in [0.3, 0.4) is 0 Å². The fraction of sp³-hybridized carbons (Fsp3) is 0.267. The fourth-order valence-electron chi connectivity index (χ4n) is 2.01. The van der Waals surface area contributed by atoms with Gasteiger partial charge < -0.3 is 9.47 Å². The number of hydrogen-bond donors (Lipinski definition) is 0. The zero-order valence-corrected chi connectivity index (χ0v) is 17.3. The average molecular weight is 470 g/mol. The van der Waals surface area contributed by atoms with Crippen molar-refractivity contribution in [1.82, 2.24) is 4.98 Å². The summed E-state index contributed by atoms with van der Waals surface area (Å²) in [7, 11) is -2.58. The van der Waals surface area contributed by atoms with E-state index in [1.807, 2.05) is 0 Å². The Balaban J connectivity index is 2.57. The van der Waals surface area contributed by atoms with Crippen molar-refractivity contribution in [2.24, 2.45) is 0 Å². The lowest BCUT2D eigenvalue weighted by atomic mass is 10.3. The molecule has 25 heavy (non-hydrogen) atoms. The van der Waals surface area contributed by atoms with Gasteiger partial charge in [0.1, 0.15) is 17.1 Å². The SMILES string of the molecule is CCOc1cc(S(=O)(=O)N(COC)c2cc(Cl)cnc2Br)ccc1Cl. The summed E-state index contributed by atoms with van der Waals surface area (Å²) in [4.78, 5) is 4.03. The molecule has 1 aromatic heterocycles. The van der Waals surface area contributed by atoms with Gasteiger partial charge in [0.05, 0.1) is 27.2 Å². The van der Waals surface area contributed by atoms with Crippen LogP contribution in [0.15, 0.2) is 40.0 Å². The summed E-state index contributed by atoms with van der Waals surface area (Å²) >= 11 is 15.2. The Morgan fingerprint density at radius 3 is 2.64 bits per heavy atom. The van der Waals surface area contributed by atoms with Gasteiger partial charge in [-0.25, -0.2) is 17.7 Å². The summed E-state index contributed by atoms with van der Waals surface area (Å²) in [5.41, 5.74) is 0.252. The maximum atomic E-state index is 13.1. The Kier molecular flexibility index (Phi) is 6.93. The smallest absolute Gasteiger partial charge is 0.266 e. The van der Waals surface area contributed by atoms with Gasteiger partial charge in [-0.15, -0.1) is 0 Å². The summed E-state index contributed by atoms with van der Waals surface area (Å²) in [5.74, 6) is 0.283. The maximum absolute atomic E-state index is 13.1. The largest absolute Gasteiger partial charge is 0.492 e. The highest BCUT2D eigenvalue weighted by Gasteiger charge is 2.28. The Labute approximate surface area is 164 Å². The van der Waals surface area contributed by atoms with Gasteiger partial charge in [-0.1, -0.05) is 23.2 Å². The van der Waals surface area contributed by atoms with Gasteiger partial charge in [0.15, 0.2) is 0 Å². The van der Waals surface area contributed by atoms with Crippen LogP contribution in [-0.2, 0) is 14.8 Å². The zero-order chi connectivity index (χ0) is 18.6. The summed E-state index contributed by atoms with van der Waals surface area (Å²) in [6.07, 6.45) is 1.40. The molecule has 0 aliphatic rings. The van der Waals surface area contributed by atoms with Gasteiger partial charge in [0.2, 0.25) is 0 Å². The number of sulfonamides is 1. The number of benzene rings is 1. The zero-order valence-electron chi connectivity index (χ0n) is 13.4. The van der Waals surface area contributed by atoms with Crippen LogP contribution in [0, 0.1) is 0 Å². The first-order valence-corrected chi connectivity index (χ1v) is 10.0. The van der Waals surface area contributed by atoms with E-state index < -0.39 is 10.0 Å². The molecule has 0 saturated carbocycles. The number of pyridine rings is 1. The van der Waals surface area contributed by atoms with Crippen LogP contribution in [0.1, 0.15) is 6.92 Å². The number of anilines is 1. The van der Waals surface area contributed by atoms with Gasteiger partial charge in [0.25, 0.3) is 10.0 Å². The van der Waals surface area contributed by atoms with Crippen molar-refractivity contribution in [1.29, 1.82) is 0 Å². The number of hydrogen-bond acceptors (Lipinski definition) is 5. The van der Waals surface area contributed by atoms with E-state index in [0.717, 1.165) is 4.31 Å². The van der Waals surface area contributed by atoms with Gasteiger partial charge in [0, 0.05) is 19.4 Å². The summed E-state index contributed by atoms with van der Waals surface area (Å²) < 4.78 is 38.0. The Morgan fingerprint density at radius 1 is 1.28 bits per heavy atom. The van der Waals surface area contributed by atoms with Crippen LogP contribution in [0.2, 0.25) is 10.0 Å². The van der Waals surface area contributed by atoms with Crippen molar-refractivity contribution >= 4 is 54.8 Å². The third-order valence-electron chi connectivity index (χ3n) is 3.09. The molecule has 1 heterocycles. The third kappa shape index (κ3) is 4.57. The molecule has 0 saturated heterocycles. The molecular formula is C15H15BrCl2N2O4S. The lowest BCUT2D eigenvalue weighted by Crippen LogP contribution is -2.33. The normalized spacial score (nSPS) is 11.4. The second kappa shape index (κ2) is 8.55. The second-order valence-corrected chi connectivity index (χ2v) is 8.22. The van der Waals surface area contributed by atoms with Crippen LogP contribution >= 0.6 is 39.1 Å². The van der Waals surface area contributed by atoms with Crippen LogP contribution < -0.4 is 9.04 Å². The molecule has 0 spiro atoms. The molecule has 2 aromatic rings. The van der Waals surface area contributed by atoms with E-state index in [4.69, 9.17) is 32.7 Å². The highest BCUT2D eigenvalue weighted by atomic mass is 79.9. The molecule has 0 bridgehead atoms. The van der Waals surface area contributed by atoms with E-state index in [1.54, 1.807) is 6.92 Å². The van der Waals surface area contributed by atoms with Gasteiger partial charge in [-0.05, 0) is 41.1 Å². The monoisotopic (exact) mass is 468 g/mol. The number of rotatable bonds is 7. The molecule has 1 aromatic carbocycles. The summed E-state index contributed by atoms with van der Waals surface area (Å²) in [6.45, 7) is 1.91. The maximum Gasteiger partial charge on any atom is 0.266 e. The number of aromatic nitrogens is 1. The quantitative estimate of drug-likeness (QED) is 0.445. The molecule has 0 radical (unpaired) electrons. The molecule has 2 rings (SSSR count). The van der Waals surface area contributed by atoms with E-state index in [0.29, 0.717) is 21.3 Å². The predicted molar refractivity (Wildman–Crippen MR) is 101 cm³/mol. The fourth-order valence-corrected chi connectivity index (χ4v) is 4.28. The summed E-state index contributed by atoms with van der Waals surface area (Å²) in [6, 6.07) is 5.72. The number of nitrogens with zero attached hydrogens (tertiary/aromatic N) is 2. The predicted octanol–water partition coefficient (Wildman–Crippen LogP) is 4.35. The number of halogens is 3. The molecule has 0 aliphatic carbocycles. The Bertz CT molecular complexity index is 865. The molecule has 6 nitrogen and oxygen atoms in total. The highest BCUT2D eigenvalue weighted by Crippen LogP contribution is 2.34. The van der Waals surface area contributed by atoms with Crippen LogP contribution in [-0.4, -0.2) is 33.8 Å². The van der Waals surface area contributed by atoms with Crippen molar-refractivity contribution in [2.75, 3.05) is 24.8 Å². The number of ether oxygens (including phenoxy) is 2. The molecule has 136 valence electrons. The van der Waals surface area contributed by atoms with Gasteiger partial charge in [-0.3, -0.25) is 0 Å². The molecule has 0 aliphatic heterocycles. The lowest BCUT2D eigenvalue weighted by molar-refractivity contribution is 0.209. The highest BCUT2D eigenvalue weighted by molar-refractivity contribution is 9.10. The van der Waals surface area contributed by atoms with E-state index in [-0.39, 0.29) is 23.1 Å². The first-order chi connectivity index (χ1) is 11.8. The second-order valence-electron chi connectivity index (χ2n) is 4.76. The van der Waals surface area contributed by atoms with Crippen molar-refractivity contribution < 1.29 is 17.9 Å². The summed E-state index contributed by atoms with van der Waals surface area (Å²) in [5, 5.41) is 0.616. The van der Waals surface area contributed by atoms with Gasteiger partial charge in [-0.2, -0.15) is 0 Å². The molecular weight excluding hydrogens is 455 g/mol. The van der Waals surface area contributed by atoms with E-state index in [2.05, 4.69) is 20.9 Å². The minimum Gasteiger partial charge on any atom is -0.492 e. The Hall–Kier alpha value is -1.06. The van der Waals surface area contributed by atoms with Crippen molar-refractivity contribution in [3.63, 3.8) is 0 Å². The van der Waals surface area contributed by atoms with Crippen molar-refractivity contribution in [2.45, 2.75) is 11.8 Å². The lowest BCUT2D eigenvalue weighted by Gasteiger charge is -2.24. The first-order valence-electron chi connectivity index (χ1n) is 7.06. The van der Waals surface area contributed by atoms with Crippen LogP contribution in [0.5, 0.6) is 5.75 Å². The molecule has 0 atom stereocenters. The van der Waals surface area contributed by atoms with E-state index >= 15 is 0 Å². The minimum absolute atomic E-state index is 0.00396. The topological polar surface area (TPSA) is 68.7 Å². The molecule has 0 N–H and O–H groups in total. The molecule has 0 unspecified atom stereocenters. The van der Waals surface area contributed by atoms with E-state index in [1.165, 1.54) is 37.6 Å². The first kappa shape index (κ1) is 20.3. The van der Waals surface area contributed by atoms with Crippen LogP contribution in [0.25, 0.3) is 0 Å². The molecule has 0 fully saturated rings. The Morgan fingerprint density at radius 2 is 2.00 bits per heavy atom.